The number of ether oxygens (including phenoxy) is 1. The third-order valence-corrected chi connectivity index (χ3v) is 9.54. The average Bonchev–Trinajstić information content (AvgIpc) is 3.61. The summed E-state index contributed by atoms with van der Waals surface area (Å²) >= 11 is 0. The van der Waals surface area contributed by atoms with E-state index in [0.717, 1.165) is 50.7 Å². The molecule has 0 amide bonds. The lowest BCUT2D eigenvalue weighted by atomic mass is 9.95. The van der Waals surface area contributed by atoms with Gasteiger partial charge < -0.3 is 15.8 Å². The van der Waals surface area contributed by atoms with Crippen molar-refractivity contribution in [2.24, 2.45) is 5.92 Å². The van der Waals surface area contributed by atoms with Crippen molar-refractivity contribution in [2.45, 2.75) is 84.7 Å². The summed E-state index contributed by atoms with van der Waals surface area (Å²) in [6, 6.07) is 9.08. The number of hydrogen-bond donors (Lipinski definition) is 2. The Bertz CT molecular complexity index is 1740. The molecule has 3 saturated heterocycles. The van der Waals surface area contributed by atoms with Crippen molar-refractivity contribution in [1.82, 2.24) is 25.2 Å². The van der Waals surface area contributed by atoms with Gasteiger partial charge in [-0.1, -0.05) is 64.8 Å². The van der Waals surface area contributed by atoms with Crippen molar-refractivity contribution in [1.29, 1.82) is 0 Å². The molecule has 0 bridgehead atoms. The van der Waals surface area contributed by atoms with Crippen molar-refractivity contribution in [3.63, 3.8) is 0 Å². The summed E-state index contributed by atoms with van der Waals surface area (Å²) in [6.07, 6.45) is 11.9. The fraction of sp³-hybridized carbons (Fsp3) is 0.486. The van der Waals surface area contributed by atoms with Gasteiger partial charge in [0.2, 0.25) is 0 Å². The van der Waals surface area contributed by atoms with Gasteiger partial charge in [0.25, 0.3) is 0 Å². The van der Waals surface area contributed by atoms with Crippen LogP contribution in [0.3, 0.4) is 0 Å². The standard InChI is InChI=1S/C29H27F2N5O.C6H13N.C2H6/c1-3-18-20(30)11-10-17-8-5-9-19(22(17)18)25-24(31)26-23(21(4-2)33-25)27(32)35-28(34-26)37-16-29-12-6-14-36(29)15-7-13-29;1-5(2)6-3-4-7-6;1-2/h1,5,8-11H,4,6-7,12-16H2,2H3,(H2,32,34,35);5-7H,3-4H2,1-2H3;1-2H3. The van der Waals surface area contributed by atoms with E-state index in [2.05, 4.69) is 44.9 Å². The van der Waals surface area contributed by atoms with Gasteiger partial charge in [0, 0.05) is 17.0 Å². The molecule has 1 unspecified atom stereocenters. The Morgan fingerprint density at radius 3 is 2.39 bits per heavy atom. The van der Waals surface area contributed by atoms with E-state index in [9.17, 15) is 4.39 Å². The molecule has 3 aliphatic rings. The van der Waals surface area contributed by atoms with Gasteiger partial charge in [0.15, 0.2) is 5.82 Å². The van der Waals surface area contributed by atoms with Crippen LogP contribution in [0.25, 0.3) is 32.9 Å². The van der Waals surface area contributed by atoms with Crippen LogP contribution in [0.1, 0.15) is 78.0 Å². The van der Waals surface area contributed by atoms with Crippen LogP contribution in [-0.4, -0.2) is 57.7 Å². The summed E-state index contributed by atoms with van der Waals surface area (Å²) < 4.78 is 36.9. The third kappa shape index (κ3) is 6.25. The van der Waals surface area contributed by atoms with Gasteiger partial charge in [0.1, 0.15) is 29.5 Å². The number of nitrogens with two attached hydrogens (primary N) is 1. The van der Waals surface area contributed by atoms with Crippen molar-refractivity contribution >= 4 is 27.5 Å². The summed E-state index contributed by atoms with van der Waals surface area (Å²) in [6.45, 7) is 14.2. The molecule has 0 saturated carbocycles. The monoisotopic (exact) mass is 628 g/mol. The second-order valence-electron chi connectivity index (χ2n) is 12.5. The molecule has 9 heteroatoms. The van der Waals surface area contributed by atoms with E-state index in [1.54, 1.807) is 24.3 Å². The summed E-state index contributed by atoms with van der Waals surface area (Å²) in [5, 5.41) is 4.83. The number of benzene rings is 2. The number of rotatable bonds is 6. The zero-order chi connectivity index (χ0) is 33.0. The topological polar surface area (TPSA) is 89.2 Å². The first kappa shape index (κ1) is 33.5. The Labute approximate surface area is 271 Å². The molecule has 1 atom stereocenters. The molecule has 3 fully saturated rings. The molecular formula is C37H46F2N6O. The molecule has 7 nitrogen and oxygen atoms in total. The Morgan fingerprint density at radius 1 is 1.09 bits per heavy atom. The second kappa shape index (κ2) is 14.3. The quantitative estimate of drug-likeness (QED) is 0.217. The number of pyridine rings is 1. The highest BCUT2D eigenvalue weighted by molar-refractivity contribution is 6.02. The molecular weight excluding hydrogens is 582 g/mol. The van der Waals surface area contributed by atoms with Gasteiger partial charge in [-0.15, -0.1) is 6.42 Å². The summed E-state index contributed by atoms with van der Waals surface area (Å²) in [5.74, 6) is 2.16. The molecule has 0 spiro atoms. The van der Waals surface area contributed by atoms with E-state index in [1.807, 2.05) is 20.8 Å². The van der Waals surface area contributed by atoms with Crippen molar-refractivity contribution in [2.75, 3.05) is 32.0 Å². The largest absolute Gasteiger partial charge is 0.461 e. The molecule has 46 heavy (non-hydrogen) atoms. The van der Waals surface area contributed by atoms with E-state index in [4.69, 9.17) is 16.9 Å². The van der Waals surface area contributed by atoms with Crippen LogP contribution in [0.2, 0.25) is 0 Å². The zero-order valence-corrected chi connectivity index (χ0v) is 27.7. The Hall–Kier alpha value is -3.87. The highest BCUT2D eigenvalue weighted by Gasteiger charge is 2.45. The molecule has 244 valence electrons. The van der Waals surface area contributed by atoms with Crippen LogP contribution in [-0.2, 0) is 6.42 Å². The molecule has 0 aliphatic carbocycles. The van der Waals surface area contributed by atoms with Gasteiger partial charge >= 0.3 is 6.01 Å². The third-order valence-electron chi connectivity index (χ3n) is 9.54. The maximum Gasteiger partial charge on any atom is 0.319 e. The number of fused-ring (bicyclic) bond motifs is 3. The first-order valence-corrected chi connectivity index (χ1v) is 16.7. The zero-order valence-electron chi connectivity index (χ0n) is 27.7. The molecule has 2 aromatic heterocycles. The Morgan fingerprint density at radius 2 is 1.80 bits per heavy atom. The molecule has 3 N–H and O–H groups in total. The predicted octanol–water partition coefficient (Wildman–Crippen LogP) is 7.29. The number of nitrogens with one attached hydrogen (secondary N) is 1. The van der Waals surface area contributed by atoms with E-state index in [1.165, 1.54) is 19.0 Å². The number of hydrogen-bond acceptors (Lipinski definition) is 7. The Balaban J connectivity index is 0.000000406. The Kier molecular flexibility index (Phi) is 10.4. The minimum Gasteiger partial charge on any atom is -0.461 e. The first-order valence-electron chi connectivity index (χ1n) is 16.7. The average molecular weight is 629 g/mol. The first-order chi connectivity index (χ1) is 22.3. The van der Waals surface area contributed by atoms with Gasteiger partial charge in [-0.2, -0.15) is 9.97 Å². The molecule has 4 aromatic rings. The van der Waals surface area contributed by atoms with Gasteiger partial charge in [-0.05, 0) is 75.5 Å². The van der Waals surface area contributed by atoms with Crippen LogP contribution < -0.4 is 15.8 Å². The second-order valence-corrected chi connectivity index (χ2v) is 12.5. The van der Waals surface area contributed by atoms with E-state index in [0.29, 0.717) is 40.4 Å². The van der Waals surface area contributed by atoms with E-state index in [-0.39, 0.29) is 34.1 Å². The van der Waals surface area contributed by atoms with E-state index >= 15 is 4.39 Å². The number of halogens is 2. The highest BCUT2D eigenvalue weighted by Crippen LogP contribution is 2.40. The molecule has 7 rings (SSSR count). The number of terminal acetylenes is 1. The number of anilines is 1. The SMILES string of the molecule is C#Cc1c(F)ccc2cccc(-c3nc(CC)c4c(N)nc(OCC56CCCN5CCC6)nc4c3F)c12.CC.CC(C)C1CCN1. The van der Waals surface area contributed by atoms with Gasteiger partial charge in [-0.25, -0.2) is 13.8 Å². The number of aryl methyl sites for hydroxylation is 1. The normalized spacial score (nSPS) is 18.3. The van der Waals surface area contributed by atoms with Crippen LogP contribution in [0.4, 0.5) is 14.6 Å². The summed E-state index contributed by atoms with van der Waals surface area (Å²) in [5.41, 5.74) is 7.38. The van der Waals surface area contributed by atoms with Crippen molar-refractivity contribution < 1.29 is 13.5 Å². The fourth-order valence-corrected chi connectivity index (χ4v) is 6.98. The fourth-order valence-electron chi connectivity index (χ4n) is 6.98. The van der Waals surface area contributed by atoms with Crippen molar-refractivity contribution in [3.05, 3.63) is 53.2 Å². The lowest BCUT2D eigenvalue weighted by molar-refractivity contribution is 0.108. The molecule has 0 radical (unpaired) electrons. The maximum absolute atomic E-state index is 16.2. The number of nitrogens with zero attached hydrogens (tertiary/aromatic N) is 4. The van der Waals surface area contributed by atoms with Crippen LogP contribution in [0.5, 0.6) is 6.01 Å². The van der Waals surface area contributed by atoms with Crippen LogP contribution >= 0.6 is 0 Å². The van der Waals surface area contributed by atoms with Crippen LogP contribution in [0.15, 0.2) is 30.3 Å². The van der Waals surface area contributed by atoms with Crippen molar-refractivity contribution in [3.8, 4) is 29.6 Å². The highest BCUT2D eigenvalue weighted by atomic mass is 19.1. The number of aromatic nitrogens is 3. The summed E-state index contributed by atoms with van der Waals surface area (Å²) in [4.78, 5) is 15.9. The van der Waals surface area contributed by atoms with Crippen LogP contribution in [0, 0.1) is 29.9 Å². The minimum atomic E-state index is -0.674. The minimum absolute atomic E-state index is 0.0116. The lowest BCUT2D eigenvalue weighted by Gasteiger charge is -2.31. The van der Waals surface area contributed by atoms with Gasteiger partial charge in [-0.3, -0.25) is 4.90 Å². The summed E-state index contributed by atoms with van der Waals surface area (Å²) in [7, 11) is 0. The maximum atomic E-state index is 16.2. The molecule has 5 heterocycles. The lowest BCUT2D eigenvalue weighted by Crippen LogP contribution is -2.46. The van der Waals surface area contributed by atoms with E-state index < -0.39 is 11.6 Å². The predicted molar refractivity (Wildman–Crippen MR) is 183 cm³/mol. The number of nitrogen functional groups attached to an aromatic ring is 1. The van der Waals surface area contributed by atoms with Gasteiger partial charge in [0.05, 0.1) is 22.2 Å². The molecule has 2 aromatic carbocycles. The smallest absolute Gasteiger partial charge is 0.319 e. The molecule has 3 aliphatic heterocycles.